The molecule has 0 atom stereocenters. The summed E-state index contributed by atoms with van der Waals surface area (Å²) >= 11 is 4.25. The van der Waals surface area contributed by atoms with Gasteiger partial charge in [0, 0.05) is 0 Å². The summed E-state index contributed by atoms with van der Waals surface area (Å²) in [5.74, 6) is -0.475. The number of carbonyl (C=O) groups excluding carboxylic acids is 1. The summed E-state index contributed by atoms with van der Waals surface area (Å²) in [7, 11) is 0. The van der Waals surface area contributed by atoms with Gasteiger partial charge >= 0.3 is 30.0 Å². The van der Waals surface area contributed by atoms with Crippen molar-refractivity contribution in [3.8, 4) is 0 Å². The van der Waals surface area contributed by atoms with E-state index in [9.17, 15) is 4.79 Å². The van der Waals surface area contributed by atoms with E-state index in [1.54, 1.807) is 20.8 Å². The molecule has 0 amide bonds. The van der Waals surface area contributed by atoms with Crippen molar-refractivity contribution in [1.82, 2.24) is 0 Å². The van der Waals surface area contributed by atoms with E-state index >= 15 is 0 Å². The Kier molecular flexibility index (Phi) is 8.06. The van der Waals surface area contributed by atoms with Gasteiger partial charge in [-0.25, -0.2) is 0 Å². The van der Waals surface area contributed by atoms with Gasteiger partial charge in [-0.2, -0.15) is 0 Å². The SMILES string of the molecule is [CH2-]C(=O)OC(C)(C)C.[Zn+][Br]. The van der Waals surface area contributed by atoms with E-state index in [1.165, 1.54) is 16.3 Å². The Balaban J connectivity index is 0. The van der Waals surface area contributed by atoms with Gasteiger partial charge in [0.05, 0.1) is 0 Å². The monoisotopic (exact) mass is 258 g/mol. The van der Waals surface area contributed by atoms with Crippen LogP contribution in [0.5, 0.6) is 0 Å². The Hall–Kier alpha value is 0.443. The summed E-state index contributed by atoms with van der Waals surface area (Å²) in [6, 6.07) is 0. The molecule has 0 aromatic carbocycles. The summed E-state index contributed by atoms with van der Waals surface area (Å²) < 4.78 is 4.69. The van der Waals surface area contributed by atoms with Crippen LogP contribution in [0.25, 0.3) is 0 Å². The molecule has 0 aliphatic carbocycles. The number of hydrogen-bond donors (Lipinski definition) is 0. The van der Waals surface area contributed by atoms with Crippen molar-refractivity contribution in [2.24, 2.45) is 0 Å². The van der Waals surface area contributed by atoms with Crippen molar-refractivity contribution >= 4 is 19.6 Å². The molecule has 0 N–H and O–H groups in total. The molecule has 0 radical (unpaired) electrons. The number of esters is 1. The van der Waals surface area contributed by atoms with Crippen LogP contribution in [0.15, 0.2) is 0 Å². The molecule has 0 saturated carbocycles. The zero-order valence-corrected chi connectivity index (χ0v) is 11.2. The van der Waals surface area contributed by atoms with Gasteiger partial charge in [-0.1, -0.05) is 0 Å². The molecule has 0 bridgehead atoms. The van der Waals surface area contributed by atoms with E-state index in [0.29, 0.717) is 0 Å². The first kappa shape index (κ1) is 13.1. The molecule has 0 aliphatic rings. The van der Waals surface area contributed by atoms with Gasteiger partial charge in [0.1, 0.15) is 5.60 Å². The van der Waals surface area contributed by atoms with E-state index in [4.69, 9.17) is 0 Å². The van der Waals surface area contributed by atoms with E-state index < -0.39 is 11.6 Å². The van der Waals surface area contributed by atoms with Crippen LogP contribution in [0.3, 0.4) is 0 Å². The average molecular weight is 260 g/mol. The van der Waals surface area contributed by atoms with Crippen LogP contribution in [-0.2, 0) is 25.9 Å². The van der Waals surface area contributed by atoms with E-state index in [1.807, 2.05) is 0 Å². The molecule has 0 aromatic rings. The molecule has 2 nitrogen and oxygen atoms in total. The second-order valence-electron chi connectivity index (χ2n) is 2.59. The molecule has 4 heteroatoms. The van der Waals surface area contributed by atoms with Crippen molar-refractivity contribution in [2.75, 3.05) is 0 Å². The first-order chi connectivity index (χ1) is 4.42. The molecule has 0 rings (SSSR count). The second kappa shape index (κ2) is 6.17. The predicted octanol–water partition coefficient (Wildman–Crippen LogP) is 2.01. The van der Waals surface area contributed by atoms with Gasteiger partial charge in [0.25, 0.3) is 0 Å². The molecule has 0 unspecified atom stereocenters. The summed E-state index contributed by atoms with van der Waals surface area (Å²) in [4.78, 5) is 10.1. The van der Waals surface area contributed by atoms with Crippen molar-refractivity contribution < 1.29 is 25.9 Å². The van der Waals surface area contributed by atoms with Gasteiger partial charge in [-0.15, -0.1) is 0 Å². The van der Waals surface area contributed by atoms with Crippen molar-refractivity contribution in [2.45, 2.75) is 26.4 Å². The van der Waals surface area contributed by atoms with Crippen molar-refractivity contribution in [3.63, 3.8) is 0 Å². The molecule has 0 aliphatic heterocycles. The van der Waals surface area contributed by atoms with Crippen LogP contribution in [0, 0.1) is 6.92 Å². The van der Waals surface area contributed by atoms with Crippen LogP contribution < -0.4 is 0 Å². The summed E-state index contributed by atoms with van der Waals surface area (Å²) in [6.07, 6.45) is 0. The minimum atomic E-state index is -0.475. The quantitative estimate of drug-likeness (QED) is 0.378. The number of ether oxygens (including phenoxy) is 1. The predicted molar refractivity (Wildman–Crippen MR) is 40.1 cm³/mol. The van der Waals surface area contributed by atoms with Crippen LogP contribution in [-0.4, -0.2) is 11.6 Å². The first-order valence-corrected chi connectivity index (χ1v) is 9.68. The molecule has 0 spiro atoms. The number of hydrogen-bond acceptors (Lipinski definition) is 2. The molecule has 0 heterocycles. The van der Waals surface area contributed by atoms with Gasteiger partial charge < -0.3 is 4.74 Å². The first-order valence-electron chi connectivity index (χ1n) is 2.73. The Morgan fingerprint density at radius 2 is 1.80 bits per heavy atom. The van der Waals surface area contributed by atoms with Gasteiger partial charge in [0.15, 0.2) is 5.97 Å². The normalized spacial score (nSPS) is 9.40. The molecular formula is C6H11BrO2Zn. The van der Waals surface area contributed by atoms with Crippen molar-refractivity contribution in [3.05, 3.63) is 6.92 Å². The fourth-order valence-corrected chi connectivity index (χ4v) is 0.342. The van der Waals surface area contributed by atoms with E-state index in [-0.39, 0.29) is 0 Å². The molecule has 0 aromatic heterocycles. The molecule has 10 heavy (non-hydrogen) atoms. The Labute approximate surface area is 78.7 Å². The molecule has 56 valence electrons. The van der Waals surface area contributed by atoms with Gasteiger partial charge in [-0.3, -0.25) is 11.7 Å². The Morgan fingerprint density at radius 1 is 1.50 bits per heavy atom. The van der Waals surface area contributed by atoms with Crippen molar-refractivity contribution in [1.29, 1.82) is 0 Å². The number of carbonyl (C=O) groups is 1. The van der Waals surface area contributed by atoms with Crippen LogP contribution in [0.2, 0.25) is 0 Å². The topological polar surface area (TPSA) is 26.3 Å². The van der Waals surface area contributed by atoms with Gasteiger partial charge in [-0.05, 0) is 20.8 Å². The Morgan fingerprint density at radius 3 is 1.80 bits per heavy atom. The fourth-order valence-electron chi connectivity index (χ4n) is 0.342. The average Bonchev–Trinajstić information content (AvgIpc) is 1.64. The van der Waals surface area contributed by atoms with Gasteiger partial charge in [0.2, 0.25) is 0 Å². The number of halogens is 1. The van der Waals surface area contributed by atoms with E-state index in [2.05, 4.69) is 25.3 Å². The molecular weight excluding hydrogens is 249 g/mol. The van der Waals surface area contributed by atoms with E-state index in [0.717, 1.165) is 0 Å². The maximum atomic E-state index is 10.1. The summed E-state index contributed by atoms with van der Waals surface area (Å²) in [6.45, 7) is 8.47. The standard InChI is InChI=1S/C6H11O2.BrH.Zn/c1-5(7)8-6(2,3)4;;/h1H2,2-4H3;1H;/q-1;;+2/p-1. The minimum absolute atomic E-state index is 0.390. The maximum absolute atomic E-state index is 10.1. The van der Waals surface area contributed by atoms with Crippen LogP contribution in [0.4, 0.5) is 0 Å². The van der Waals surface area contributed by atoms with Crippen LogP contribution >= 0.6 is 13.6 Å². The fraction of sp³-hybridized carbons (Fsp3) is 0.667. The summed E-state index contributed by atoms with van der Waals surface area (Å²) in [5, 5.41) is 0. The third kappa shape index (κ3) is 15.8. The number of rotatable bonds is 0. The molecule has 0 fully saturated rings. The third-order valence-electron chi connectivity index (χ3n) is 0.420. The zero-order valence-electron chi connectivity index (χ0n) is 6.61. The van der Waals surface area contributed by atoms with Crippen LogP contribution in [0.1, 0.15) is 20.8 Å². The Bertz CT molecular complexity index is 98.4. The second-order valence-corrected chi connectivity index (χ2v) is 2.59. The summed E-state index contributed by atoms with van der Waals surface area (Å²) in [5.41, 5.74) is -0.390. The molecule has 0 saturated heterocycles. The zero-order chi connectivity index (χ0) is 8.78. The third-order valence-corrected chi connectivity index (χ3v) is 0.420.